The molecule has 0 bridgehead atoms. The number of nitrogens with one attached hydrogen (secondary N) is 2. The molecule has 0 spiro atoms. The van der Waals surface area contributed by atoms with Crippen molar-refractivity contribution in [1.82, 2.24) is 14.3 Å². The molecular weight excluding hydrogens is 246 g/mol. The number of amides is 1. The van der Waals surface area contributed by atoms with Crippen LogP contribution in [0.5, 0.6) is 0 Å². The number of carbonyl (C=O) groups is 1. The van der Waals surface area contributed by atoms with Gasteiger partial charge in [-0.05, 0) is 19.4 Å². The minimum Gasteiger partial charge on any atom is -0.452 e. The highest BCUT2D eigenvalue weighted by Gasteiger charge is 2.27. The Morgan fingerprint density at radius 3 is 2.76 bits per heavy atom. The van der Waals surface area contributed by atoms with Gasteiger partial charge in [0, 0.05) is 19.1 Å². The fraction of sp³-hybridized carbons (Fsp3) is 0.889. The summed E-state index contributed by atoms with van der Waals surface area (Å²) in [7, 11) is -2.68. The Hall–Kier alpha value is -0.860. The molecule has 1 atom stereocenters. The minimum atomic E-state index is -3.80. The van der Waals surface area contributed by atoms with E-state index in [0.29, 0.717) is 13.1 Å². The maximum atomic E-state index is 11.8. The van der Waals surface area contributed by atoms with Crippen LogP contribution in [0.15, 0.2) is 0 Å². The summed E-state index contributed by atoms with van der Waals surface area (Å²) in [6.07, 6.45) is 1.03. The van der Waals surface area contributed by atoms with Crippen molar-refractivity contribution in [3.05, 3.63) is 0 Å². The smallest absolute Gasteiger partial charge is 0.421 e. The van der Waals surface area contributed by atoms with E-state index in [4.69, 9.17) is 0 Å². The molecule has 100 valence electrons. The van der Waals surface area contributed by atoms with Gasteiger partial charge in [-0.1, -0.05) is 6.92 Å². The Morgan fingerprint density at radius 2 is 2.29 bits per heavy atom. The van der Waals surface area contributed by atoms with Crippen molar-refractivity contribution in [1.29, 1.82) is 0 Å². The molecular formula is C9H19N3O4S. The van der Waals surface area contributed by atoms with Gasteiger partial charge in [-0.15, -0.1) is 0 Å². The van der Waals surface area contributed by atoms with Gasteiger partial charge in [-0.2, -0.15) is 12.7 Å². The number of hydrogen-bond donors (Lipinski definition) is 2. The van der Waals surface area contributed by atoms with Gasteiger partial charge in [-0.3, -0.25) is 0 Å². The van der Waals surface area contributed by atoms with Gasteiger partial charge < -0.3 is 10.1 Å². The van der Waals surface area contributed by atoms with E-state index >= 15 is 0 Å². The summed E-state index contributed by atoms with van der Waals surface area (Å²) in [5.41, 5.74) is 0. The first-order chi connectivity index (χ1) is 7.99. The number of ether oxygens (including phenoxy) is 1. The average Bonchev–Trinajstić information content (AvgIpc) is 2.77. The van der Waals surface area contributed by atoms with Crippen molar-refractivity contribution >= 4 is 16.3 Å². The molecule has 1 unspecified atom stereocenters. The Kier molecular flexibility index (Phi) is 5.16. The topological polar surface area (TPSA) is 87.7 Å². The Morgan fingerprint density at radius 1 is 1.59 bits per heavy atom. The monoisotopic (exact) mass is 265 g/mol. The van der Waals surface area contributed by atoms with Gasteiger partial charge in [-0.25, -0.2) is 9.52 Å². The zero-order chi connectivity index (χ0) is 12.9. The molecule has 1 aliphatic heterocycles. The lowest BCUT2D eigenvalue weighted by Crippen LogP contribution is -2.47. The summed E-state index contributed by atoms with van der Waals surface area (Å²) in [6, 6.07) is 0.157. The van der Waals surface area contributed by atoms with E-state index in [1.165, 1.54) is 4.31 Å². The number of hydrogen-bond acceptors (Lipinski definition) is 5. The third kappa shape index (κ3) is 4.14. The Bertz CT molecular complexity index is 351. The fourth-order valence-corrected chi connectivity index (χ4v) is 2.91. The Labute approximate surface area is 102 Å². The molecule has 1 amide bonds. The minimum absolute atomic E-state index is 0.157. The van der Waals surface area contributed by atoms with Crippen molar-refractivity contribution in [2.75, 3.05) is 26.7 Å². The molecule has 17 heavy (non-hydrogen) atoms. The van der Waals surface area contributed by atoms with Crippen LogP contribution in [-0.4, -0.2) is 51.6 Å². The number of nitrogens with zero attached hydrogens (tertiary/aromatic N) is 1. The summed E-state index contributed by atoms with van der Waals surface area (Å²) in [5, 5.41) is 3.21. The van der Waals surface area contributed by atoms with Gasteiger partial charge in [0.1, 0.15) is 0 Å². The largest absolute Gasteiger partial charge is 0.452 e. The summed E-state index contributed by atoms with van der Waals surface area (Å²) in [5.74, 6) is 0. The molecule has 0 aliphatic carbocycles. The molecule has 0 aromatic heterocycles. The normalized spacial score (nSPS) is 20.5. The van der Waals surface area contributed by atoms with Crippen molar-refractivity contribution < 1.29 is 17.9 Å². The molecule has 1 aliphatic rings. The van der Waals surface area contributed by atoms with Crippen LogP contribution in [0.4, 0.5) is 4.79 Å². The van der Waals surface area contributed by atoms with Crippen LogP contribution in [0.25, 0.3) is 0 Å². The van der Waals surface area contributed by atoms with Crippen LogP contribution in [-0.2, 0) is 14.9 Å². The third-order valence-corrected chi connectivity index (χ3v) is 4.19. The molecule has 8 heteroatoms. The predicted molar refractivity (Wildman–Crippen MR) is 62.7 cm³/mol. The summed E-state index contributed by atoms with van der Waals surface area (Å²) in [4.78, 5) is 10.9. The fourth-order valence-electron chi connectivity index (χ4n) is 1.77. The van der Waals surface area contributed by atoms with Crippen LogP contribution >= 0.6 is 0 Å². The number of methoxy groups -OCH3 is 1. The predicted octanol–water partition coefficient (Wildman–Crippen LogP) is -0.339. The second-order valence-electron chi connectivity index (χ2n) is 3.84. The molecule has 1 fully saturated rings. The first-order valence-corrected chi connectivity index (χ1v) is 7.02. The molecule has 1 saturated heterocycles. The molecule has 0 saturated carbocycles. The summed E-state index contributed by atoms with van der Waals surface area (Å²) >= 11 is 0. The van der Waals surface area contributed by atoms with Crippen molar-refractivity contribution in [3.63, 3.8) is 0 Å². The van der Waals surface area contributed by atoms with E-state index < -0.39 is 16.3 Å². The van der Waals surface area contributed by atoms with E-state index in [1.54, 1.807) is 6.92 Å². The third-order valence-electron chi connectivity index (χ3n) is 2.68. The molecule has 2 N–H and O–H groups in total. The highest BCUT2D eigenvalue weighted by atomic mass is 32.2. The van der Waals surface area contributed by atoms with Gasteiger partial charge in [0.25, 0.3) is 0 Å². The zero-order valence-electron chi connectivity index (χ0n) is 10.1. The van der Waals surface area contributed by atoms with Crippen LogP contribution in [0.1, 0.15) is 19.8 Å². The molecule has 0 radical (unpaired) electrons. The highest BCUT2D eigenvalue weighted by Crippen LogP contribution is 2.09. The lowest BCUT2D eigenvalue weighted by molar-refractivity contribution is 0.177. The zero-order valence-corrected chi connectivity index (χ0v) is 10.9. The summed E-state index contributed by atoms with van der Waals surface area (Å²) in [6.45, 7) is 3.31. The Balaban J connectivity index is 2.61. The van der Waals surface area contributed by atoms with Crippen LogP contribution in [0.3, 0.4) is 0 Å². The van der Waals surface area contributed by atoms with Crippen molar-refractivity contribution in [2.45, 2.75) is 25.8 Å². The highest BCUT2D eigenvalue weighted by molar-refractivity contribution is 7.87. The number of rotatable bonds is 5. The van der Waals surface area contributed by atoms with Gasteiger partial charge >= 0.3 is 16.3 Å². The van der Waals surface area contributed by atoms with E-state index in [9.17, 15) is 13.2 Å². The second-order valence-corrected chi connectivity index (χ2v) is 5.51. The quantitative estimate of drug-likeness (QED) is 0.710. The van der Waals surface area contributed by atoms with E-state index in [1.807, 2.05) is 4.72 Å². The van der Waals surface area contributed by atoms with E-state index in [-0.39, 0.29) is 6.04 Å². The van der Waals surface area contributed by atoms with E-state index in [2.05, 4.69) is 10.1 Å². The molecule has 0 aromatic carbocycles. The maximum Gasteiger partial charge on any atom is 0.421 e. The van der Waals surface area contributed by atoms with Gasteiger partial charge in [0.15, 0.2) is 0 Å². The molecule has 1 heterocycles. The van der Waals surface area contributed by atoms with E-state index in [0.717, 1.165) is 26.5 Å². The maximum absolute atomic E-state index is 11.8. The van der Waals surface area contributed by atoms with Crippen LogP contribution in [0.2, 0.25) is 0 Å². The first-order valence-electron chi connectivity index (χ1n) is 5.58. The number of carbonyl (C=O) groups excluding carboxylic acids is 1. The van der Waals surface area contributed by atoms with Gasteiger partial charge in [0.05, 0.1) is 7.11 Å². The SMILES string of the molecule is CCN(CC1CCCN1)S(=O)(=O)NC(=O)OC. The van der Waals surface area contributed by atoms with Crippen molar-refractivity contribution in [3.8, 4) is 0 Å². The lowest BCUT2D eigenvalue weighted by atomic mass is 10.2. The van der Waals surface area contributed by atoms with Crippen LogP contribution in [0, 0.1) is 0 Å². The van der Waals surface area contributed by atoms with Crippen LogP contribution < -0.4 is 10.0 Å². The first kappa shape index (κ1) is 14.2. The second kappa shape index (κ2) is 6.18. The molecule has 1 rings (SSSR count). The average molecular weight is 265 g/mol. The standard InChI is InChI=1S/C9H19N3O4S/c1-3-12(7-8-5-4-6-10-8)17(14,15)11-9(13)16-2/h8,10H,3-7H2,1-2H3,(H,11,13). The molecule has 0 aromatic rings. The summed E-state index contributed by atoms with van der Waals surface area (Å²) < 4.78 is 31.0. The lowest BCUT2D eigenvalue weighted by Gasteiger charge is -2.23. The van der Waals surface area contributed by atoms with Crippen molar-refractivity contribution in [2.24, 2.45) is 0 Å². The number of likely N-dealkylation sites (N-methyl/N-ethyl adjacent to an activating group) is 1. The molecule has 7 nitrogen and oxygen atoms in total. The van der Waals surface area contributed by atoms with Gasteiger partial charge in [0.2, 0.25) is 0 Å².